The Hall–Kier alpha value is -1.94. The monoisotopic (exact) mass is 268 g/mol. The van der Waals surface area contributed by atoms with Gasteiger partial charge >= 0.3 is 5.97 Å². The molecule has 0 saturated carbocycles. The van der Waals surface area contributed by atoms with Crippen molar-refractivity contribution in [2.45, 2.75) is 0 Å². The summed E-state index contributed by atoms with van der Waals surface area (Å²) in [6.07, 6.45) is 0. The lowest BCUT2D eigenvalue weighted by molar-refractivity contribution is 0.0697. The van der Waals surface area contributed by atoms with Gasteiger partial charge in [0.25, 0.3) is 0 Å². The van der Waals surface area contributed by atoms with Crippen LogP contribution in [0.3, 0.4) is 0 Å². The maximum Gasteiger partial charge on any atom is 0.335 e. The van der Waals surface area contributed by atoms with Crippen molar-refractivity contribution >= 4 is 17.6 Å². The molecule has 0 atom stereocenters. The van der Waals surface area contributed by atoms with Gasteiger partial charge < -0.3 is 5.11 Å². The van der Waals surface area contributed by atoms with Crippen molar-refractivity contribution in [3.8, 4) is 11.1 Å². The molecule has 0 saturated heterocycles. The SMILES string of the molecule is O=C(O)c1ccc(F)c(-c2cc(F)cc(Cl)c2)c1. The zero-order valence-corrected chi connectivity index (χ0v) is 9.71. The number of rotatable bonds is 2. The fraction of sp³-hybridized carbons (Fsp3) is 0. The second-order valence-corrected chi connectivity index (χ2v) is 4.09. The van der Waals surface area contributed by atoms with E-state index in [2.05, 4.69) is 0 Å². The van der Waals surface area contributed by atoms with Gasteiger partial charge in [-0.25, -0.2) is 13.6 Å². The zero-order valence-electron chi connectivity index (χ0n) is 8.95. The molecule has 2 aromatic carbocycles. The lowest BCUT2D eigenvalue weighted by Crippen LogP contribution is -1.97. The first-order chi connectivity index (χ1) is 8.47. The summed E-state index contributed by atoms with van der Waals surface area (Å²) in [6, 6.07) is 6.86. The van der Waals surface area contributed by atoms with Crippen LogP contribution in [0.25, 0.3) is 11.1 Å². The molecule has 0 spiro atoms. The fourth-order valence-electron chi connectivity index (χ4n) is 1.59. The molecular weight excluding hydrogens is 262 g/mol. The molecule has 0 aliphatic carbocycles. The van der Waals surface area contributed by atoms with E-state index in [-0.39, 0.29) is 21.7 Å². The van der Waals surface area contributed by atoms with Gasteiger partial charge in [0.1, 0.15) is 11.6 Å². The van der Waals surface area contributed by atoms with E-state index in [0.717, 1.165) is 30.3 Å². The van der Waals surface area contributed by atoms with Crippen LogP contribution in [0.2, 0.25) is 5.02 Å². The third kappa shape index (κ3) is 2.49. The number of carboxylic acids is 1. The van der Waals surface area contributed by atoms with Gasteiger partial charge in [-0.05, 0) is 42.0 Å². The van der Waals surface area contributed by atoms with Crippen LogP contribution < -0.4 is 0 Å². The Morgan fingerprint density at radius 2 is 1.83 bits per heavy atom. The van der Waals surface area contributed by atoms with E-state index in [0.29, 0.717) is 0 Å². The van der Waals surface area contributed by atoms with Gasteiger partial charge in [0.05, 0.1) is 5.56 Å². The van der Waals surface area contributed by atoms with Crippen LogP contribution in [-0.2, 0) is 0 Å². The second-order valence-electron chi connectivity index (χ2n) is 3.66. The lowest BCUT2D eigenvalue weighted by Gasteiger charge is -2.06. The largest absolute Gasteiger partial charge is 0.478 e. The minimum Gasteiger partial charge on any atom is -0.478 e. The van der Waals surface area contributed by atoms with Gasteiger partial charge in [0, 0.05) is 10.6 Å². The van der Waals surface area contributed by atoms with Gasteiger partial charge in [0.2, 0.25) is 0 Å². The number of benzene rings is 2. The van der Waals surface area contributed by atoms with Crippen LogP contribution in [0.4, 0.5) is 8.78 Å². The molecule has 5 heteroatoms. The Bertz CT molecular complexity index is 606. The van der Waals surface area contributed by atoms with E-state index in [4.69, 9.17) is 16.7 Å². The van der Waals surface area contributed by atoms with Gasteiger partial charge in [0.15, 0.2) is 0 Å². The van der Waals surface area contributed by atoms with Crippen molar-refractivity contribution in [1.82, 2.24) is 0 Å². The predicted molar refractivity (Wildman–Crippen MR) is 63.8 cm³/mol. The van der Waals surface area contributed by atoms with E-state index in [1.165, 1.54) is 6.07 Å². The first kappa shape index (κ1) is 12.5. The van der Waals surface area contributed by atoms with Crippen LogP contribution in [0.15, 0.2) is 36.4 Å². The summed E-state index contributed by atoms with van der Waals surface area (Å²) in [5.74, 6) is -2.43. The molecule has 0 heterocycles. The van der Waals surface area contributed by atoms with Gasteiger partial charge in [-0.1, -0.05) is 11.6 Å². The highest BCUT2D eigenvalue weighted by Gasteiger charge is 2.11. The van der Waals surface area contributed by atoms with Crippen LogP contribution in [0.1, 0.15) is 10.4 Å². The van der Waals surface area contributed by atoms with Crippen LogP contribution >= 0.6 is 11.6 Å². The van der Waals surface area contributed by atoms with E-state index in [9.17, 15) is 13.6 Å². The van der Waals surface area contributed by atoms with E-state index in [1.807, 2.05) is 0 Å². The highest BCUT2D eigenvalue weighted by Crippen LogP contribution is 2.27. The summed E-state index contributed by atoms with van der Waals surface area (Å²) in [7, 11) is 0. The van der Waals surface area contributed by atoms with Crippen molar-refractivity contribution in [3.05, 3.63) is 58.6 Å². The Kier molecular flexibility index (Phi) is 3.30. The molecule has 0 aliphatic rings. The molecule has 0 unspecified atom stereocenters. The summed E-state index contributed by atoms with van der Waals surface area (Å²) >= 11 is 5.68. The molecule has 2 aromatic rings. The second kappa shape index (κ2) is 4.74. The summed E-state index contributed by atoms with van der Waals surface area (Å²) in [6.45, 7) is 0. The van der Waals surface area contributed by atoms with Crippen molar-refractivity contribution in [2.24, 2.45) is 0 Å². The molecule has 1 N–H and O–H groups in total. The summed E-state index contributed by atoms with van der Waals surface area (Å²) < 4.78 is 26.8. The molecular formula is C13H7ClF2O2. The van der Waals surface area contributed by atoms with Crippen molar-refractivity contribution in [1.29, 1.82) is 0 Å². The Morgan fingerprint density at radius 3 is 2.44 bits per heavy atom. The molecule has 0 aromatic heterocycles. The first-order valence-corrected chi connectivity index (χ1v) is 5.34. The van der Waals surface area contributed by atoms with Crippen LogP contribution in [0.5, 0.6) is 0 Å². The first-order valence-electron chi connectivity index (χ1n) is 4.96. The summed E-state index contributed by atoms with van der Waals surface area (Å²) in [4.78, 5) is 10.8. The number of aromatic carboxylic acids is 1. The highest BCUT2D eigenvalue weighted by atomic mass is 35.5. The number of hydrogen-bond donors (Lipinski definition) is 1. The van der Waals surface area contributed by atoms with Crippen LogP contribution in [0, 0.1) is 11.6 Å². The molecule has 0 radical (unpaired) electrons. The molecule has 92 valence electrons. The van der Waals surface area contributed by atoms with E-state index >= 15 is 0 Å². The minimum atomic E-state index is -1.18. The molecule has 0 amide bonds. The molecule has 0 fully saturated rings. The third-order valence-electron chi connectivity index (χ3n) is 2.39. The number of hydrogen-bond acceptors (Lipinski definition) is 1. The minimum absolute atomic E-state index is 0.00343. The van der Waals surface area contributed by atoms with Gasteiger partial charge in [-0.15, -0.1) is 0 Å². The van der Waals surface area contributed by atoms with Crippen LogP contribution in [-0.4, -0.2) is 11.1 Å². The summed E-state index contributed by atoms with van der Waals surface area (Å²) in [5.41, 5.74) is 0.115. The number of carbonyl (C=O) groups is 1. The van der Waals surface area contributed by atoms with E-state index < -0.39 is 17.6 Å². The molecule has 0 aliphatic heterocycles. The summed E-state index contributed by atoms with van der Waals surface area (Å²) in [5, 5.41) is 8.95. The molecule has 18 heavy (non-hydrogen) atoms. The van der Waals surface area contributed by atoms with Crippen molar-refractivity contribution in [2.75, 3.05) is 0 Å². The fourth-order valence-corrected chi connectivity index (χ4v) is 1.81. The molecule has 2 nitrogen and oxygen atoms in total. The predicted octanol–water partition coefficient (Wildman–Crippen LogP) is 3.98. The maximum atomic E-state index is 13.6. The Morgan fingerprint density at radius 1 is 1.11 bits per heavy atom. The van der Waals surface area contributed by atoms with Gasteiger partial charge in [-0.2, -0.15) is 0 Å². The average molecular weight is 269 g/mol. The third-order valence-corrected chi connectivity index (χ3v) is 2.61. The molecule has 0 bridgehead atoms. The van der Waals surface area contributed by atoms with Crippen molar-refractivity contribution < 1.29 is 18.7 Å². The highest BCUT2D eigenvalue weighted by molar-refractivity contribution is 6.30. The number of halogens is 3. The Labute approximate surface area is 106 Å². The maximum absolute atomic E-state index is 13.6. The van der Waals surface area contributed by atoms with Crippen molar-refractivity contribution in [3.63, 3.8) is 0 Å². The molecule has 2 rings (SSSR count). The quantitative estimate of drug-likeness (QED) is 0.894. The lowest BCUT2D eigenvalue weighted by atomic mass is 10.0. The standard InChI is InChI=1S/C13H7ClF2O2/c14-9-3-8(4-10(15)6-9)11-5-7(13(17)18)1-2-12(11)16/h1-6H,(H,17,18). The smallest absolute Gasteiger partial charge is 0.335 e. The average Bonchev–Trinajstić information content (AvgIpc) is 2.27. The Balaban J connectivity index is 2.62. The zero-order chi connectivity index (χ0) is 13.3. The van der Waals surface area contributed by atoms with E-state index in [1.54, 1.807) is 0 Å². The number of carboxylic acid groups (broad SMARTS) is 1. The van der Waals surface area contributed by atoms with Gasteiger partial charge in [-0.3, -0.25) is 0 Å². The normalized spacial score (nSPS) is 10.4. The topological polar surface area (TPSA) is 37.3 Å².